The van der Waals surface area contributed by atoms with Crippen LogP contribution >= 0.6 is 11.6 Å². The van der Waals surface area contributed by atoms with E-state index in [1.165, 1.54) is 17.0 Å². The van der Waals surface area contributed by atoms with Gasteiger partial charge in [-0.05, 0) is 12.1 Å². The number of carbonyl (C=O) groups excluding carboxylic acids is 3. The zero-order valence-corrected chi connectivity index (χ0v) is 13.8. The van der Waals surface area contributed by atoms with Crippen LogP contribution in [0.2, 0.25) is 5.15 Å². The molecule has 7 nitrogen and oxygen atoms in total. The van der Waals surface area contributed by atoms with E-state index in [9.17, 15) is 14.4 Å². The van der Waals surface area contributed by atoms with Crippen molar-refractivity contribution in [1.82, 2.24) is 9.88 Å². The van der Waals surface area contributed by atoms with Gasteiger partial charge < -0.3 is 10.1 Å². The summed E-state index contributed by atoms with van der Waals surface area (Å²) in [5.41, 5.74) is 0.697. The molecule has 2 heterocycles. The van der Waals surface area contributed by atoms with Crippen molar-refractivity contribution < 1.29 is 19.1 Å². The van der Waals surface area contributed by atoms with Gasteiger partial charge >= 0.3 is 6.09 Å². The van der Waals surface area contributed by atoms with Crippen molar-refractivity contribution in [2.75, 3.05) is 25.0 Å². The van der Waals surface area contributed by atoms with Crippen LogP contribution in [0.25, 0.3) is 0 Å². The third-order valence-corrected chi connectivity index (χ3v) is 3.78. The summed E-state index contributed by atoms with van der Waals surface area (Å²) < 4.78 is 4.78. The molecule has 8 heteroatoms. The molecule has 0 aliphatic carbocycles. The lowest BCUT2D eigenvalue weighted by Gasteiger charge is -2.14. The molecular weight excluding hydrogens is 346 g/mol. The zero-order chi connectivity index (χ0) is 17.8. The molecule has 2 aromatic rings. The molecule has 0 bridgehead atoms. The molecule has 0 atom stereocenters. The first-order chi connectivity index (χ1) is 12.0. The number of hydrogen-bond donors (Lipinski definition) is 1. The Bertz CT molecular complexity index is 826. The molecule has 0 saturated carbocycles. The monoisotopic (exact) mass is 359 g/mol. The summed E-state index contributed by atoms with van der Waals surface area (Å²) in [4.78, 5) is 41.5. The van der Waals surface area contributed by atoms with Crippen molar-refractivity contribution in [1.29, 1.82) is 0 Å². The second kappa shape index (κ2) is 7.31. The molecule has 2 amide bonds. The van der Waals surface area contributed by atoms with Crippen LogP contribution < -0.4 is 5.32 Å². The molecule has 1 aromatic carbocycles. The highest BCUT2D eigenvalue weighted by atomic mass is 35.5. The summed E-state index contributed by atoms with van der Waals surface area (Å²) in [6.07, 6.45) is -0.537. The normalized spacial score (nSPS) is 13.5. The number of rotatable bonds is 5. The number of nitrogens with one attached hydrogen (secondary N) is 1. The van der Waals surface area contributed by atoms with E-state index in [0.717, 1.165) is 0 Å². The fourth-order valence-electron chi connectivity index (χ4n) is 2.37. The topological polar surface area (TPSA) is 88.6 Å². The smallest absolute Gasteiger partial charge is 0.410 e. The third-order valence-electron chi connectivity index (χ3n) is 3.57. The molecule has 25 heavy (non-hydrogen) atoms. The minimum atomic E-state index is -0.537. The number of hydrogen-bond acceptors (Lipinski definition) is 5. The number of ketones is 1. The van der Waals surface area contributed by atoms with Gasteiger partial charge in [-0.1, -0.05) is 41.9 Å². The quantitative estimate of drug-likeness (QED) is 0.654. The first-order valence-corrected chi connectivity index (χ1v) is 7.90. The van der Waals surface area contributed by atoms with Gasteiger partial charge in [-0.25, -0.2) is 9.78 Å². The molecular formula is C17H14ClN3O4. The van der Waals surface area contributed by atoms with Crippen LogP contribution in [0.1, 0.15) is 16.1 Å². The summed E-state index contributed by atoms with van der Waals surface area (Å²) >= 11 is 5.90. The lowest BCUT2D eigenvalue weighted by molar-refractivity contribution is -0.116. The molecule has 1 aliphatic heterocycles. The van der Waals surface area contributed by atoms with Crippen LogP contribution in [0.3, 0.4) is 0 Å². The Morgan fingerprint density at radius 3 is 2.64 bits per heavy atom. The molecule has 1 N–H and O–H groups in total. The van der Waals surface area contributed by atoms with Crippen LogP contribution in [0.4, 0.5) is 10.5 Å². The number of pyridine rings is 1. The van der Waals surface area contributed by atoms with E-state index in [0.29, 0.717) is 12.1 Å². The number of halogens is 1. The molecule has 1 saturated heterocycles. The predicted octanol–water partition coefficient (Wildman–Crippen LogP) is 2.36. The van der Waals surface area contributed by atoms with E-state index in [4.69, 9.17) is 16.3 Å². The molecule has 0 radical (unpaired) electrons. The average Bonchev–Trinajstić information content (AvgIpc) is 3.01. The van der Waals surface area contributed by atoms with Crippen LogP contribution in [0.5, 0.6) is 0 Å². The maximum atomic E-state index is 12.6. The SMILES string of the molecule is O=C(CN1CCOC1=O)Nc1ccc(Cl)nc1C(=O)c1ccccc1. The summed E-state index contributed by atoms with van der Waals surface area (Å²) in [7, 11) is 0. The average molecular weight is 360 g/mol. The van der Waals surface area contributed by atoms with E-state index in [2.05, 4.69) is 10.3 Å². The number of anilines is 1. The van der Waals surface area contributed by atoms with Gasteiger partial charge in [-0.3, -0.25) is 14.5 Å². The standard InChI is InChI=1S/C17H14ClN3O4/c18-13-7-6-12(19-14(22)10-21-8-9-25-17(21)24)15(20-13)16(23)11-4-2-1-3-5-11/h1-7H,8-10H2,(H,19,22). The summed E-state index contributed by atoms with van der Waals surface area (Å²) in [5, 5.41) is 2.74. The largest absolute Gasteiger partial charge is 0.448 e. The van der Waals surface area contributed by atoms with Gasteiger partial charge in [-0.2, -0.15) is 0 Å². The number of aromatic nitrogens is 1. The lowest BCUT2D eigenvalue weighted by atomic mass is 10.1. The van der Waals surface area contributed by atoms with Crippen LogP contribution in [0.15, 0.2) is 42.5 Å². The van der Waals surface area contributed by atoms with Crippen molar-refractivity contribution in [3.05, 3.63) is 58.9 Å². The number of nitrogens with zero attached hydrogens (tertiary/aromatic N) is 2. The lowest BCUT2D eigenvalue weighted by Crippen LogP contribution is -2.34. The molecule has 3 rings (SSSR count). The Kier molecular flexibility index (Phi) is 4.95. The Balaban J connectivity index is 1.80. The van der Waals surface area contributed by atoms with E-state index in [1.807, 2.05) is 0 Å². The predicted molar refractivity (Wildman–Crippen MR) is 90.7 cm³/mol. The van der Waals surface area contributed by atoms with Crippen LogP contribution in [-0.4, -0.2) is 47.4 Å². The van der Waals surface area contributed by atoms with E-state index in [-0.39, 0.29) is 35.5 Å². The van der Waals surface area contributed by atoms with Gasteiger partial charge in [0.15, 0.2) is 0 Å². The van der Waals surface area contributed by atoms with Crippen molar-refractivity contribution in [3.8, 4) is 0 Å². The Morgan fingerprint density at radius 1 is 1.20 bits per heavy atom. The maximum absolute atomic E-state index is 12.6. The molecule has 1 aromatic heterocycles. The second-order valence-electron chi connectivity index (χ2n) is 5.31. The van der Waals surface area contributed by atoms with Crippen LogP contribution in [0, 0.1) is 0 Å². The molecule has 0 spiro atoms. The van der Waals surface area contributed by atoms with Crippen molar-refractivity contribution in [2.45, 2.75) is 0 Å². The molecule has 128 valence electrons. The molecule has 1 fully saturated rings. The number of amides is 2. The number of carbonyl (C=O) groups is 3. The fraction of sp³-hybridized carbons (Fsp3) is 0.176. The van der Waals surface area contributed by atoms with Crippen molar-refractivity contribution in [2.24, 2.45) is 0 Å². The highest BCUT2D eigenvalue weighted by Gasteiger charge is 2.25. The van der Waals surface area contributed by atoms with E-state index in [1.54, 1.807) is 30.3 Å². The minimum Gasteiger partial charge on any atom is -0.448 e. The van der Waals surface area contributed by atoms with Crippen molar-refractivity contribution >= 4 is 35.1 Å². The van der Waals surface area contributed by atoms with Crippen molar-refractivity contribution in [3.63, 3.8) is 0 Å². The molecule has 0 unspecified atom stereocenters. The highest BCUT2D eigenvalue weighted by molar-refractivity contribution is 6.30. The van der Waals surface area contributed by atoms with Gasteiger partial charge in [-0.15, -0.1) is 0 Å². The summed E-state index contributed by atoms with van der Waals surface area (Å²) in [5.74, 6) is -0.816. The maximum Gasteiger partial charge on any atom is 0.410 e. The minimum absolute atomic E-state index is 0.0380. The fourth-order valence-corrected chi connectivity index (χ4v) is 2.52. The van der Waals surface area contributed by atoms with E-state index >= 15 is 0 Å². The Morgan fingerprint density at radius 2 is 1.96 bits per heavy atom. The number of cyclic esters (lactones) is 1. The Labute approximate surface area is 148 Å². The van der Waals surface area contributed by atoms with Gasteiger partial charge in [0.25, 0.3) is 0 Å². The van der Waals surface area contributed by atoms with Gasteiger partial charge in [0, 0.05) is 5.56 Å². The number of benzene rings is 1. The second-order valence-corrected chi connectivity index (χ2v) is 5.70. The highest BCUT2D eigenvalue weighted by Crippen LogP contribution is 2.20. The van der Waals surface area contributed by atoms with Gasteiger partial charge in [0.2, 0.25) is 11.7 Å². The van der Waals surface area contributed by atoms with Gasteiger partial charge in [0.05, 0.1) is 12.2 Å². The van der Waals surface area contributed by atoms with Crippen LogP contribution in [-0.2, 0) is 9.53 Å². The van der Waals surface area contributed by atoms with Gasteiger partial charge in [0.1, 0.15) is 24.0 Å². The first-order valence-electron chi connectivity index (χ1n) is 7.52. The third kappa shape index (κ3) is 3.95. The summed E-state index contributed by atoms with van der Waals surface area (Å²) in [6.45, 7) is 0.438. The zero-order valence-electron chi connectivity index (χ0n) is 13.1. The van der Waals surface area contributed by atoms with E-state index < -0.39 is 12.0 Å². The number of ether oxygens (including phenoxy) is 1. The summed E-state index contributed by atoms with van der Waals surface area (Å²) in [6, 6.07) is 11.5. The molecule has 1 aliphatic rings. The Hall–Kier alpha value is -2.93. The first kappa shape index (κ1) is 16.9.